The molecule has 0 aliphatic heterocycles. The van der Waals surface area contributed by atoms with Crippen molar-refractivity contribution in [2.24, 2.45) is 13.0 Å². The number of fused-ring (bicyclic) bond motifs is 1. The molecule has 2 aromatic heterocycles. The van der Waals surface area contributed by atoms with Gasteiger partial charge in [-0.05, 0) is 56.2 Å². The van der Waals surface area contributed by atoms with Crippen molar-refractivity contribution in [1.82, 2.24) is 20.1 Å². The van der Waals surface area contributed by atoms with Gasteiger partial charge < -0.3 is 10.6 Å². The van der Waals surface area contributed by atoms with Gasteiger partial charge in [-0.1, -0.05) is 32.0 Å². The van der Waals surface area contributed by atoms with Crippen LogP contribution in [0.5, 0.6) is 0 Å². The first-order valence-electron chi connectivity index (χ1n) is 11.7. The predicted octanol–water partition coefficient (Wildman–Crippen LogP) is 5.34. The van der Waals surface area contributed by atoms with Crippen LogP contribution in [0.1, 0.15) is 61.4 Å². The number of rotatable bonds is 6. The highest BCUT2D eigenvalue weighted by molar-refractivity contribution is 5.93. The number of benzene rings is 1. The van der Waals surface area contributed by atoms with Crippen LogP contribution in [0.4, 0.5) is 18.9 Å². The Kier molecular flexibility index (Phi) is 6.81. The Morgan fingerprint density at radius 3 is 2.65 bits per heavy atom. The summed E-state index contributed by atoms with van der Waals surface area (Å²) < 4.78 is 41.8. The average Bonchev–Trinajstić information content (AvgIpc) is 3.12. The van der Waals surface area contributed by atoms with Crippen molar-refractivity contribution in [3.05, 3.63) is 53.5 Å². The number of nitrogens with one attached hydrogen (secondary N) is 2. The lowest BCUT2D eigenvalue weighted by molar-refractivity contribution is -0.140. The predicted molar refractivity (Wildman–Crippen MR) is 126 cm³/mol. The van der Waals surface area contributed by atoms with Crippen LogP contribution < -0.4 is 10.6 Å². The van der Waals surface area contributed by atoms with Crippen LogP contribution in [-0.4, -0.2) is 32.8 Å². The maximum absolute atomic E-state index is 13.4. The smallest absolute Gasteiger partial charge is 0.382 e. The Morgan fingerprint density at radius 1 is 1.18 bits per heavy atom. The van der Waals surface area contributed by atoms with Crippen molar-refractivity contribution in [2.75, 3.05) is 5.32 Å². The van der Waals surface area contributed by atoms with E-state index in [0.717, 1.165) is 37.4 Å². The molecule has 2 heterocycles. The molecule has 0 spiro atoms. The molecule has 2 atom stereocenters. The van der Waals surface area contributed by atoms with E-state index in [4.69, 9.17) is 0 Å². The maximum Gasteiger partial charge on any atom is 0.433 e. The Morgan fingerprint density at radius 2 is 1.91 bits per heavy atom. The number of para-hydroxylation sites is 1. The summed E-state index contributed by atoms with van der Waals surface area (Å²) in [6.45, 7) is 4.21. The van der Waals surface area contributed by atoms with Crippen LogP contribution >= 0.6 is 0 Å². The third-order valence-corrected chi connectivity index (χ3v) is 6.16. The van der Waals surface area contributed by atoms with Crippen molar-refractivity contribution < 1.29 is 18.0 Å². The van der Waals surface area contributed by atoms with E-state index >= 15 is 0 Å². The highest BCUT2D eigenvalue weighted by Gasteiger charge is 2.34. The normalized spacial score (nSPS) is 18.9. The number of carbonyl (C=O) groups excluding carboxylic acids is 1. The molecule has 1 aliphatic carbocycles. The van der Waals surface area contributed by atoms with Crippen molar-refractivity contribution in [2.45, 2.75) is 64.2 Å². The molecule has 2 N–H and O–H groups in total. The molecule has 0 unspecified atom stereocenters. The number of nitrogens with zero attached hydrogens (tertiary/aromatic N) is 3. The molecule has 1 saturated carbocycles. The summed E-state index contributed by atoms with van der Waals surface area (Å²) in [6.07, 6.45) is -0.597. The fraction of sp³-hybridized carbons (Fsp3) is 0.480. The van der Waals surface area contributed by atoms with Gasteiger partial charge in [0, 0.05) is 30.2 Å². The van der Waals surface area contributed by atoms with E-state index in [1.54, 1.807) is 36.0 Å². The molecule has 1 aromatic carbocycles. The summed E-state index contributed by atoms with van der Waals surface area (Å²) in [4.78, 5) is 16.7. The van der Waals surface area contributed by atoms with Crippen LogP contribution in [0.15, 0.2) is 36.4 Å². The summed E-state index contributed by atoms with van der Waals surface area (Å²) in [5.41, 5.74) is 1.20. The number of anilines is 1. The lowest BCUT2D eigenvalue weighted by Crippen LogP contribution is -2.42. The molecule has 6 nitrogen and oxygen atoms in total. The fourth-order valence-electron chi connectivity index (χ4n) is 4.63. The van der Waals surface area contributed by atoms with Gasteiger partial charge in [-0.15, -0.1) is 0 Å². The van der Waals surface area contributed by atoms with E-state index < -0.39 is 11.9 Å². The van der Waals surface area contributed by atoms with Crippen molar-refractivity contribution in [3.8, 4) is 0 Å². The van der Waals surface area contributed by atoms with Crippen molar-refractivity contribution in [3.63, 3.8) is 0 Å². The SMILES string of the molecule is CC(C)Cc1cc(C(=O)N[C@@H]2CCC[C@H](Nc3cc(C(F)(F)F)nc4ccccc34)C2)n(C)n1. The minimum Gasteiger partial charge on any atom is -0.382 e. The van der Waals surface area contributed by atoms with Gasteiger partial charge >= 0.3 is 6.18 Å². The first-order valence-corrected chi connectivity index (χ1v) is 11.7. The first kappa shape index (κ1) is 24.0. The Hall–Kier alpha value is -3.10. The molecule has 34 heavy (non-hydrogen) atoms. The molecular weight excluding hydrogens is 443 g/mol. The molecule has 0 radical (unpaired) electrons. The molecule has 4 rings (SSSR count). The third kappa shape index (κ3) is 5.51. The van der Waals surface area contributed by atoms with Gasteiger partial charge in [0.25, 0.3) is 5.91 Å². The van der Waals surface area contributed by atoms with Crippen LogP contribution in [0.25, 0.3) is 10.9 Å². The van der Waals surface area contributed by atoms with E-state index in [1.165, 1.54) is 0 Å². The highest BCUT2D eigenvalue weighted by Crippen LogP contribution is 2.34. The maximum atomic E-state index is 13.4. The minimum absolute atomic E-state index is 0.0611. The van der Waals surface area contributed by atoms with Gasteiger partial charge in [-0.3, -0.25) is 9.48 Å². The Bertz CT molecular complexity index is 1170. The summed E-state index contributed by atoms with van der Waals surface area (Å²) in [5, 5.41) is 11.5. The van der Waals surface area contributed by atoms with E-state index in [2.05, 4.69) is 34.6 Å². The number of carbonyl (C=O) groups is 1. The quantitative estimate of drug-likeness (QED) is 0.507. The second-order valence-electron chi connectivity index (χ2n) is 9.49. The fourth-order valence-corrected chi connectivity index (χ4v) is 4.63. The van der Waals surface area contributed by atoms with Gasteiger partial charge in [0.1, 0.15) is 11.4 Å². The van der Waals surface area contributed by atoms with Gasteiger partial charge in [0.15, 0.2) is 0 Å². The average molecular weight is 474 g/mol. The number of alkyl halides is 3. The van der Waals surface area contributed by atoms with Crippen LogP contribution in [0, 0.1) is 5.92 Å². The van der Waals surface area contributed by atoms with E-state index in [-0.39, 0.29) is 18.0 Å². The minimum atomic E-state index is -4.53. The second kappa shape index (κ2) is 9.64. The van der Waals surface area contributed by atoms with Gasteiger partial charge in [-0.2, -0.15) is 18.3 Å². The Labute approximate surface area is 196 Å². The number of hydrogen-bond acceptors (Lipinski definition) is 4. The molecule has 182 valence electrons. The monoisotopic (exact) mass is 473 g/mol. The molecule has 3 aromatic rings. The summed E-state index contributed by atoms with van der Waals surface area (Å²) >= 11 is 0. The molecule has 0 saturated heterocycles. The third-order valence-electron chi connectivity index (χ3n) is 6.16. The topological polar surface area (TPSA) is 71.8 Å². The molecular formula is C25H30F3N5O. The largest absolute Gasteiger partial charge is 0.433 e. The highest BCUT2D eigenvalue weighted by atomic mass is 19.4. The van der Waals surface area contributed by atoms with Crippen molar-refractivity contribution in [1.29, 1.82) is 0 Å². The summed E-state index contributed by atoms with van der Waals surface area (Å²) in [6, 6.07) is 9.59. The Balaban J connectivity index is 1.47. The lowest BCUT2D eigenvalue weighted by Gasteiger charge is -2.31. The van der Waals surface area contributed by atoms with Crippen LogP contribution in [0.2, 0.25) is 0 Å². The summed E-state index contributed by atoms with van der Waals surface area (Å²) in [7, 11) is 1.76. The first-order chi connectivity index (χ1) is 16.1. The van der Waals surface area contributed by atoms with Crippen LogP contribution in [-0.2, 0) is 19.6 Å². The van der Waals surface area contributed by atoms with Gasteiger partial charge in [0.2, 0.25) is 0 Å². The zero-order valence-corrected chi connectivity index (χ0v) is 19.6. The number of halogens is 3. The molecule has 0 bridgehead atoms. The second-order valence-corrected chi connectivity index (χ2v) is 9.49. The molecule has 1 aliphatic rings. The molecule has 1 fully saturated rings. The number of hydrogen-bond donors (Lipinski definition) is 2. The molecule has 1 amide bonds. The standard InChI is InChI=1S/C25H30F3N5O/c1-15(2)11-18-13-22(33(3)32-18)24(34)30-17-8-6-7-16(12-17)29-21-14-23(25(26,27)28)31-20-10-5-4-9-19(20)21/h4-5,9-10,13-17H,6-8,11-12H2,1-3H3,(H,29,31)(H,30,34)/t16-,17+/m0/s1. The van der Waals surface area contributed by atoms with Gasteiger partial charge in [-0.25, -0.2) is 4.98 Å². The zero-order chi connectivity index (χ0) is 24.5. The van der Waals surface area contributed by atoms with E-state index in [0.29, 0.717) is 34.6 Å². The molecule has 9 heteroatoms. The number of amides is 1. The van der Waals surface area contributed by atoms with E-state index in [9.17, 15) is 18.0 Å². The number of pyridine rings is 1. The number of aryl methyl sites for hydroxylation is 1. The summed E-state index contributed by atoms with van der Waals surface area (Å²) in [5.74, 6) is 0.266. The van der Waals surface area contributed by atoms with E-state index in [1.807, 2.05) is 6.07 Å². The van der Waals surface area contributed by atoms with Gasteiger partial charge in [0.05, 0.1) is 11.2 Å². The lowest BCUT2D eigenvalue weighted by atomic mass is 9.90. The zero-order valence-electron chi connectivity index (χ0n) is 19.6. The van der Waals surface area contributed by atoms with Crippen LogP contribution in [0.3, 0.4) is 0 Å². The van der Waals surface area contributed by atoms with Crippen molar-refractivity contribution >= 4 is 22.5 Å². The number of aromatic nitrogens is 3.